The topological polar surface area (TPSA) is 76.2 Å². The van der Waals surface area contributed by atoms with E-state index in [0.717, 1.165) is 23.3 Å². The molecule has 1 unspecified atom stereocenters. The normalized spacial score (nSPS) is 15.5. The molecule has 2 heterocycles. The third-order valence-corrected chi connectivity index (χ3v) is 9.95. The Morgan fingerprint density at radius 1 is 1.10 bits per heavy atom. The molecule has 0 saturated carbocycles. The Labute approximate surface area is 236 Å². The van der Waals surface area contributed by atoms with Crippen molar-refractivity contribution < 1.29 is 22.7 Å². The fraction of sp³-hybridized carbons (Fsp3) is 0.433. The second-order valence-corrected chi connectivity index (χ2v) is 13.1. The minimum atomic E-state index is -3.86. The summed E-state index contributed by atoms with van der Waals surface area (Å²) in [5.74, 6) is 0.947. The lowest BCUT2D eigenvalue weighted by atomic mass is 10.0. The summed E-state index contributed by atoms with van der Waals surface area (Å²) < 4.78 is 39.8. The number of amides is 1. The Morgan fingerprint density at radius 3 is 2.49 bits per heavy atom. The molecular formula is C30H38N2O5S2. The number of benzene rings is 2. The molecule has 3 aromatic rings. The second kappa shape index (κ2) is 13.1. The minimum absolute atomic E-state index is 0.182. The van der Waals surface area contributed by atoms with Gasteiger partial charge in [0.15, 0.2) is 0 Å². The van der Waals surface area contributed by atoms with Crippen LogP contribution in [0.3, 0.4) is 0 Å². The van der Waals surface area contributed by atoms with E-state index in [4.69, 9.17) is 9.47 Å². The first kappa shape index (κ1) is 29.3. The highest BCUT2D eigenvalue weighted by atomic mass is 32.2. The molecule has 0 radical (unpaired) electrons. The first-order valence-corrected chi connectivity index (χ1v) is 15.7. The summed E-state index contributed by atoms with van der Waals surface area (Å²) in [6, 6.07) is 16.5. The largest absolute Gasteiger partial charge is 0.491 e. The van der Waals surface area contributed by atoms with Crippen LogP contribution in [0.2, 0.25) is 0 Å². The minimum Gasteiger partial charge on any atom is -0.491 e. The van der Waals surface area contributed by atoms with Crippen LogP contribution < -0.4 is 4.74 Å². The van der Waals surface area contributed by atoms with E-state index in [1.165, 1.54) is 14.7 Å². The summed E-state index contributed by atoms with van der Waals surface area (Å²) in [5.41, 5.74) is 3.28. The summed E-state index contributed by atoms with van der Waals surface area (Å²) in [5, 5.41) is 2.04. The molecule has 1 aliphatic heterocycles. The molecule has 0 fully saturated rings. The molecule has 0 bridgehead atoms. The van der Waals surface area contributed by atoms with Crippen molar-refractivity contribution in [1.29, 1.82) is 0 Å². The highest BCUT2D eigenvalue weighted by molar-refractivity contribution is 7.89. The van der Waals surface area contributed by atoms with E-state index in [2.05, 4.69) is 32.0 Å². The van der Waals surface area contributed by atoms with Gasteiger partial charge in [-0.2, -0.15) is 4.31 Å². The molecule has 2 aromatic carbocycles. The summed E-state index contributed by atoms with van der Waals surface area (Å²) in [6.45, 7) is 7.38. The van der Waals surface area contributed by atoms with Crippen LogP contribution in [0.15, 0.2) is 64.9 Å². The number of nitrogens with zero attached hydrogens (tertiary/aromatic N) is 2. The van der Waals surface area contributed by atoms with E-state index in [9.17, 15) is 13.2 Å². The maximum absolute atomic E-state index is 13.8. The van der Waals surface area contributed by atoms with Gasteiger partial charge < -0.3 is 14.4 Å². The molecule has 1 aliphatic rings. The van der Waals surface area contributed by atoms with Gasteiger partial charge in [0.05, 0.1) is 17.5 Å². The quantitative estimate of drug-likeness (QED) is 0.272. The maximum Gasteiger partial charge on any atom is 0.243 e. The van der Waals surface area contributed by atoms with Gasteiger partial charge in [0.25, 0.3) is 0 Å². The highest BCUT2D eigenvalue weighted by Gasteiger charge is 2.35. The van der Waals surface area contributed by atoms with Crippen molar-refractivity contribution in [3.63, 3.8) is 0 Å². The number of hydrogen-bond donors (Lipinski definition) is 0. The lowest BCUT2D eigenvalue weighted by Gasteiger charge is -2.37. The number of carbonyl (C=O) groups is 1. The van der Waals surface area contributed by atoms with Crippen molar-refractivity contribution in [2.75, 3.05) is 40.0 Å². The van der Waals surface area contributed by atoms with Gasteiger partial charge in [-0.15, -0.1) is 11.3 Å². The number of thiophene rings is 1. The van der Waals surface area contributed by atoms with E-state index in [-0.39, 0.29) is 29.9 Å². The van der Waals surface area contributed by atoms with Crippen molar-refractivity contribution in [2.45, 2.75) is 50.5 Å². The molecule has 7 nitrogen and oxygen atoms in total. The Kier molecular flexibility index (Phi) is 9.82. The molecule has 0 N–H and O–H groups in total. The van der Waals surface area contributed by atoms with Gasteiger partial charge in [-0.3, -0.25) is 4.79 Å². The smallest absolute Gasteiger partial charge is 0.243 e. The van der Waals surface area contributed by atoms with Gasteiger partial charge in [0, 0.05) is 31.7 Å². The Bertz CT molecular complexity index is 1330. The van der Waals surface area contributed by atoms with Crippen molar-refractivity contribution in [3.05, 3.63) is 81.5 Å². The van der Waals surface area contributed by atoms with E-state index < -0.39 is 10.0 Å². The number of aryl methyl sites for hydroxylation is 1. The average Bonchev–Trinajstić information content (AvgIpc) is 3.41. The number of fused-ring (bicyclic) bond motifs is 1. The van der Waals surface area contributed by atoms with Crippen LogP contribution in [0.1, 0.15) is 53.8 Å². The van der Waals surface area contributed by atoms with Gasteiger partial charge in [-0.1, -0.05) is 43.7 Å². The lowest BCUT2D eigenvalue weighted by molar-refractivity contribution is -0.135. The van der Waals surface area contributed by atoms with Gasteiger partial charge in [0.1, 0.15) is 12.4 Å². The Hall–Kier alpha value is -2.72. The van der Waals surface area contributed by atoms with Crippen LogP contribution >= 0.6 is 11.3 Å². The van der Waals surface area contributed by atoms with Crippen molar-refractivity contribution in [3.8, 4) is 5.75 Å². The van der Waals surface area contributed by atoms with E-state index in [1.54, 1.807) is 47.6 Å². The molecule has 4 rings (SSSR count). The summed E-state index contributed by atoms with van der Waals surface area (Å²) in [4.78, 5) is 17.0. The molecule has 39 heavy (non-hydrogen) atoms. The predicted octanol–water partition coefficient (Wildman–Crippen LogP) is 5.41. The van der Waals surface area contributed by atoms with Crippen molar-refractivity contribution >= 4 is 27.3 Å². The van der Waals surface area contributed by atoms with Crippen molar-refractivity contribution in [2.24, 2.45) is 0 Å². The molecule has 0 aliphatic carbocycles. The molecule has 210 valence electrons. The van der Waals surface area contributed by atoms with Gasteiger partial charge in [0.2, 0.25) is 15.9 Å². The zero-order chi connectivity index (χ0) is 28.0. The fourth-order valence-corrected chi connectivity index (χ4v) is 7.13. The van der Waals surface area contributed by atoms with Crippen LogP contribution in [0.5, 0.6) is 5.75 Å². The van der Waals surface area contributed by atoms with Gasteiger partial charge >= 0.3 is 0 Å². The number of sulfonamides is 1. The van der Waals surface area contributed by atoms with Crippen molar-refractivity contribution in [1.82, 2.24) is 9.21 Å². The zero-order valence-corrected chi connectivity index (χ0v) is 24.8. The van der Waals surface area contributed by atoms with Crippen LogP contribution in [-0.2, 0) is 26.0 Å². The Morgan fingerprint density at radius 2 is 1.82 bits per heavy atom. The van der Waals surface area contributed by atoms with Gasteiger partial charge in [-0.05, 0) is 72.5 Å². The maximum atomic E-state index is 13.8. The molecule has 1 atom stereocenters. The van der Waals surface area contributed by atoms with Crippen LogP contribution in [0, 0.1) is 6.92 Å². The molecular weight excluding hydrogens is 532 g/mol. The predicted molar refractivity (Wildman–Crippen MR) is 155 cm³/mol. The third-order valence-electron chi connectivity index (χ3n) is 7.10. The zero-order valence-electron chi connectivity index (χ0n) is 23.1. The highest BCUT2D eigenvalue weighted by Crippen LogP contribution is 2.34. The van der Waals surface area contributed by atoms with E-state index in [1.807, 2.05) is 24.4 Å². The van der Waals surface area contributed by atoms with Gasteiger partial charge in [-0.25, -0.2) is 8.42 Å². The molecule has 0 spiro atoms. The van der Waals surface area contributed by atoms with Crippen LogP contribution in [0.25, 0.3) is 0 Å². The SMILES string of the molecule is COCCCN(CC(=O)N1CCc2sccc2C1COc1ccc(C(C)C)cc1)S(=O)(=O)c1ccc(C)cc1. The number of hydrogen-bond acceptors (Lipinski definition) is 6. The molecule has 9 heteroatoms. The number of ether oxygens (including phenoxy) is 2. The summed E-state index contributed by atoms with van der Waals surface area (Å²) in [7, 11) is -2.28. The molecule has 0 saturated heterocycles. The first-order valence-electron chi connectivity index (χ1n) is 13.3. The average molecular weight is 571 g/mol. The van der Waals surface area contributed by atoms with Crippen LogP contribution in [0.4, 0.5) is 0 Å². The fourth-order valence-electron chi connectivity index (χ4n) is 4.77. The van der Waals surface area contributed by atoms with E-state index in [0.29, 0.717) is 32.1 Å². The number of methoxy groups -OCH3 is 1. The Balaban J connectivity index is 1.54. The summed E-state index contributed by atoms with van der Waals surface area (Å²) >= 11 is 1.69. The number of rotatable bonds is 12. The monoisotopic (exact) mass is 570 g/mol. The first-order chi connectivity index (χ1) is 18.7. The number of carbonyl (C=O) groups excluding carboxylic acids is 1. The third kappa shape index (κ3) is 7.08. The van der Waals surface area contributed by atoms with Crippen LogP contribution in [-0.4, -0.2) is 63.5 Å². The second-order valence-electron chi connectivity index (χ2n) is 10.2. The summed E-state index contributed by atoms with van der Waals surface area (Å²) in [6.07, 6.45) is 1.23. The van der Waals surface area contributed by atoms with E-state index >= 15 is 0 Å². The molecule has 1 amide bonds. The molecule has 1 aromatic heterocycles. The lowest BCUT2D eigenvalue weighted by Crippen LogP contribution is -2.48. The standard InChI is InChI=1S/C30H38N2O5S2/c1-22(2)24-8-10-25(11-9-24)37-21-28-27-15-19-38-29(27)14-17-32(28)30(33)20-31(16-5-18-36-4)39(34,35)26-12-6-23(3)7-13-26/h6-13,15,19,22,28H,5,14,16-18,20-21H2,1-4H3.